The van der Waals surface area contributed by atoms with E-state index in [2.05, 4.69) is 28.8 Å². The van der Waals surface area contributed by atoms with E-state index < -0.39 is 0 Å². The Morgan fingerprint density at radius 3 is 2.77 bits per heavy atom. The van der Waals surface area contributed by atoms with Crippen LogP contribution in [-0.4, -0.2) is 44.4 Å². The summed E-state index contributed by atoms with van der Waals surface area (Å²) < 4.78 is 4.96. The standard InChI is InChI=1S/C24H27ClN4O2/c1-6-20-17(3)21(10-11-26-4)23(28-19-9-7-8-18(25)15-19)29-22(20)14-16(2)24(30)27-12-13-31-5/h6-11,14-15H,2-3,12-13H2,1,4-5H3,(H,27,30)(H,28,29)/b20-6-,21-10+,22-14+,26-11?. The van der Waals surface area contributed by atoms with Crippen LogP contribution in [0.1, 0.15) is 6.92 Å². The third-order valence-corrected chi connectivity index (χ3v) is 4.61. The molecule has 1 aromatic carbocycles. The monoisotopic (exact) mass is 438 g/mol. The van der Waals surface area contributed by atoms with Crippen molar-refractivity contribution >= 4 is 60.0 Å². The second kappa shape index (κ2) is 11.8. The Hall–Kier alpha value is -3.22. The summed E-state index contributed by atoms with van der Waals surface area (Å²) in [7, 11) is 3.27. The van der Waals surface area contributed by atoms with Gasteiger partial charge in [-0.3, -0.25) is 9.79 Å². The smallest absolute Gasteiger partial charge is 0.250 e. The number of carbonyl (C=O) groups is 1. The molecular weight excluding hydrogens is 412 g/mol. The first-order valence-electron chi connectivity index (χ1n) is 9.69. The van der Waals surface area contributed by atoms with Gasteiger partial charge in [0.1, 0.15) is 5.82 Å². The van der Waals surface area contributed by atoms with Gasteiger partial charge < -0.3 is 15.4 Å². The van der Waals surface area contributed by atoms with Gasteiger partial charge in [0.15, 0.2) is 0 Å². The van der Waals surface area contributed by atoms with Crippen molar-refractivity contribution in [3.8, 4) is 0 Å². The first kappa shape index (κ1) is 24.1. The molecule has 162 valence electrons. The number of nitrogens with one attached hydrogen (secondary N) is 2. The number of aromatic nitrogens is 1. The maximum atomic E-state index is 12.3. The van der Waals surface area contributed by atoms with E-state index >= 15 is 0 Å². The predicted molar refractivity (Wildman–Crippen MR) is 131 cm³/mol. The second-order valence-corrected chi connectivity index (χ2v) is 7.00. The summed E-state index contributed by atoms with van der Waals surface area (Å²) in [6.45, 7) is 10.8. The molecule has 2 rings (SSSR count). The second-order valence-electron chi connectivity index (χ2n) is 6.57. The number of anilines is 2. The van der Waals surface area contributed by atoms with E-state index in [0.29, 0.717) is 29.3 Å². The predicted octanol–water partition coefficient (Wildman–Crippen LogP) is 1.27. The number of nitrogens with zero attached hydrogens (tertiary/aromatic N) is 2. The third-order valence-electron chi connectivity index (χ3n) is 4.37. The van der Waals surface area contributed by atoms with Crippen LogP contribution >= 0.6 is 11.6 Å². The van der Waals surface area contributed by atoms with Crippen LogP contribution in [0.5, 0.6) is 0 Å². The van der Waals surface area contributed by atoms with E-state index in [1.165, 1.54) is 0 Å². The lowest BCUT2D eigenvalue weighted by atomic mass is 10.1. The SMILES string of the molecule is C=C(/C=c1/nc(Nc2cccc(Cl)c2)/c(=C/C=NC)c(=C)/c1=C/C)C(=O)NCCOC. The molecule has 0 saturated carbocycles. The molecular formula is C24H27ClN4O2. The Balaban J connectivity index is 2.64. The van der Waals surface area contributed by atoms with Gasteiger partial charge in [-0.2, -0.15) is 0 Å². The fourth-order valence-electron chi connectivity index (χ4n) is 2.85. The first-order valence-corrected chi connectivity index (χ1v) is 10.1. The Morgan fingerprint density at radius 1 is 1.35 bits per heavy atom. The molecule has 0 spiro atoms. The number of pyridine rings is 1. The fraction of sp³-hybridized carbons (Fsp3) is 0.208. The van der Waals surface area contributed by atoms with Crippen LogP contribution < -0.4 is 31.6 Å². The molecule has 0 saturated heterocycles. The number of rotatable bonds is 8. The topological polar surface area (TPSA) is 75.6 Å². The largest absolute Gasteiger partial charge is 0.383 e. The van der Waals surface area contributed by atoms with Crippen molar-refractivity contribution in [1.29, 1.82) is 0 Å². The molecule has 0 bridgehead atoms. The highest BCUT2D eigenvalue weighted by atomic mass is 35.5. The number of ether oxygens (including phenoxy) is 1. The van der Waals surface area contributed by atoms with Gasteiger partial charge in [0, 0.05) is 53.6 Å². The summed E-state index contributed by atoms with van der Waals surface area (Å²) in [5.41, 5.74) is 1.06. The highest BCUT2D eigenvalue weighted by Gasteiger charge is 2.07. The van der Waals surface area contributed by atoms with Gasteiger partial charge in [0.25, 0.3) is 5.91 Å². The number of aliphatic imine (C=N–C) groups is 1. The van der Waals surface area contributed by atoms with E-state index in [9.17, 15) is 4.79 Å². The minimum absolute atomic E-state index is 0.284. The average molecular weight is 439 g/mol. The molecule has 0 atom stereocenters. The number of methoxy groups -OCH3 is 1. The van der Waals surface area contributed by atoms with Gasteiger partial charge in [0.05, 0.1) is 12.0 Å². The van der Waals surface area contributed by atoms with Crippen molar-refractivity contribution < 1.29 is 9.53 Å². The molecule has 0 aliphatic heterocycles. The number of halogens is 1. The van der Waals surface area contributed by atoms with Crippen molar-refractivity contribution in [3.05, 3.63) is 62.4 Å². The molecule has 31 heavy (non-hydrogen) atoms. The number of hydrogen-bond acceptors (Lipinski definition) is 5. The van der Waals surface area contributed by atoms with Crippen LogP contribution in [0.4, 0.5) is 11.5 Å². The lowest BCUT2D eigenvalue weighted by Crippen LogP contribution is -2.50. The molecule has 0 fully saturated rings. The molecule has 0 aliphatic carbocycles. The first-order chi connectivity index (χ1) is 14.9. The summed E-state index contributed by atoms with van der Waals surface area (Å²) >= 11 is 6.12. The average Bonchev–Trinajstić information content (AvgIpc) is 2.73. The maximum Gasteiger partial charge on any atom is 0.250 e. The van der Waals surface area contributed by atoms with Gasteiger partial charge >= 0.3 is 0 Å². The minimum Gasteiger partial charge on any atom is -0.383 e. The fourth-order valence-corrected chi connectivity index (χ4v) is 3.04. The Labute approximate surface area is 187 Å². The molecule has 7 heteroatoms. The van der Waals surface area contributed by atoms with Gasteiger partial charge in [-0.05, 0) is 42.5 Å². The molecule has 0 radical (unpaired) electrons. The van der Waals surface area contributed by atoms with Crippen LogP contribution in [-0.2, 0) is 9.53 Å². The lowest BCUT2D eigenvalue weighted by Gasteiger charge is -2.09. The molecule has 0 unspecified atom stereocenters. The van der Waals surface area contributed by atoms with E-state index in [1.54, 1.807) is 38.6 Å². The van der Waals surface area contributed by atoms with E-state index in [4.69, 9.17) is 21.3 Å². The lowest BCUT2D eigenvalue weighted by molar-refractivity contribution is -0.117. The summed E-state index contributed by atoms with van der Waals surface area (Å²) in [6.07, 6.45) is 7.07. The third kappa shape index (κ3) is 6.64. The molecule has 2 aromatic rings. The highest BCUT2D eigenvalue weighted by Crippen LogP contribution is 2.16. The van der Waals surface area contributed by atoms with Gasteiger partial charge in [0.2, 0.25) is 0 Å². The van der Waals surface area contributed by atoms with E-state index in [0.717, 1.165) is 21.3 Å². The Kier molecular flexibility index (Phi) is 9.18. The maximum absolute atomic E-state index is 12.3. The van der Waals surface area contributed by atoms with Crippen molar-refractivity contribution in [2.75, 3.05) is 32.6 Å². The van der Waals surface area contributed by atoms with Gasteiger partial charge in [-0.1, -0.05) is 36.9 Å². The van der Waals surface area contributed by atoms with Crippen molar-refractivity contribution in [2.24, 2.45) is 4.99 Å². The quantitative estimate of drug-likeness (QED) is 0.370. The molecule has 0 aliphatic rings. The van der Waals surface area contributed by atoms with Gasteiger partial charge in [-0.15, -0.1) is 0 Å². The summed E-state index contributed by atoms with van der Waals surface area (Å²) in [5, 5.41) is 9.56. The van der Waals surface area contributed by atoms with Gasteiger partial charge in [-0.25, -0.2) is 4.98 Å². The summed E-state index contributed by atoms with van der Waals surface area (Å²) in [5.74, 6) is 0.279. The summed E-state index contributed by atoms with van der Waals surface area (Å²) in [6, 6.07) is 7.33. The van der Waals surface area contributed by atoms with Crippen molar-refractivity contribution in [2.45, 2.75) is 6.92 Å². The molecule has 6 nitrogen and oxygen atoms in total. The molecule has 2 N–H and O–H groups in total. The number of amides is 1. The van der Waals surface area contributed by atoms with Crippen molar-refractivity contribution in [1.82, 2.24) is 10.3 Å². The molecule has 1 aromatic heterocycles. The molecule has 1 amide bonds. The zero-order chi connectivity index (χ0) is 22.8. The molecule has 1 heterocycles. The van der Waals surface area contributed by atoms with Crippen LogP contribution in [0.25, 0.3) is 24.8 Å². The van der Waals surface area contributed by atoms with Crippen LogP contribution in [0.3, 0.4) is 0 Å². The van der Waals surface area contributed by atoms with Crippen molar-refractivity contribution in [3.63, 3.8) is 0 Å². The number of benzene rings is 1. The summed E-state index contributed by atoms with van der Waals surface area (Å²) in [4.78, 5) is 21.1. The normalized spacial score (nSPS) is 13.1. The minimum atomic E-state index is -0.287. The number of hydrogen-bond donors (Lipinski definition) is 2. The Bertz CT molecular complexity index is 1220. The zero-order valence-corrected chi connectivity index (χ0v) is 18.8. The van der Waals surface area contributed by atoms with Crippen LogP contribution in [0.2, 0.25) is 5.02 Å². The number of carbonyl (C=O) groups excluding carboxylic acids is 1. The Morgan fingerprint density at radius 2 is 2.13 bits per heavy atom. The van der Waals surface area contributed by atoms with Crippen LogP contribution in [0, 0.1) is 0 Å². The zero-order valence-electron chi connectivity index (χ0n) is 18.0. The van der Waals surface area contributed by atoms with E-state index in [1.807, 2.05) is 31.2 Å². The van der Waals surface area contributed by atoms with E-state index in [-0.39, 0.29) is 11.5 Å². The van der Waals surface area contributed by atoms with Crippen LogP contribution in [0.15, 0.2) is 41.4 Å². The highest BCUT2D eigenvalue weighted by molar-refractivity contribution is 6.30.